The molecule has 0 saturated carbocycles. The standard InChI is InChI=1S/C20H21N3O5/c1-20(13-7-9-15(27-2)10-8-13)18(25)23(19(26)22-20)12-17(24)21-14-5-4-6-16(11-14)28-3/h4-11H,12H2,1-3H3,(H,21,24)(H,22,26). The van der Waals surface area contributed by atoms with Gasteiger partial charge >= 0.3 is 6.03 Å². The van der Waals surface area contributed by atoms with Crippen molar-refractivity contribution in [2.45, 2.75) is 12.5 Å². The van der Waals surface area contributed by atoms with Crippen molar-refractivity contribution in [2.75, 3.05) is 26.1 Å². The van der Waals surface area contributed by atoms with Gasteiger partial charge in [-0.1, -0.05) is 18.2 Å². The molecule has 2 aromatic rings. The summed E-state index contributed by atoms with van der Waals surface area (Å²) in [6.45, 7) is 1.21. The lowest BCUT2D eigenvalue weighted by molar-refractivity contribution is -0.133. The van der Waals surface area contributed by atoms with Crippen molar-refractivity contribution in [3.63, 3.8) is 0 Å². The lowest BCUT2D eigenvalue weighted by atomic mass is 9.92. The smallest absolute Gasteiger partial charge is 0.325 e. The predicted octanol–water partition coefficient (Wildman–Crippen LogP) is 2.11. The van der Waals surface area contributed by atoms with Crippen LogP contribution in [0.2, 0.25) is 0 Å². The van der Waals surface area contributed by atoms with E-state index in [1.54, 1.807) is 62.6 Å². The number of hydrogen-bond donors (Lipinski definition) is 2. The summed E-state index contributed by atoms with van der Waals surface area (Å²) in [5, 5.41) is 5.33. The van der Waals surface area contributed by atoms with Crippen LogP contribution in [0.1, 0.15) is 12.5 Å². The Bertz CT molecular complexity index is 912. The summed E-state index contributed by atoms with van der Waals surface area (Å²) in [6.07, 6.45) is 0. The number of amides is 4. The summed E-state index contributed by atoms with van der Waals surface area (Å²) < 4.78 is 10.2. The molecule has 1 heterocycles. The number of ether oxygens (including phenoxy) is 2. The van der Waals surface area contributed by atoms with Crippen molar-refractivity contribution in [2.24, 2.45) is 0 Å². The van der Waals surface area contributed by atoms with E-state index < -0.39 is 29.9 Å². The third kappa shape index (κ3) is 3.62. The summed E-state index contributed by atoms with van der Waals surface area (Å²) in [7, 11) is 3.07. The highest BCUT2D eigenvalue weighted by molar-refractivity contribution is 6.10. The van der Waals surface area contributed by atoms with Crippen molar-refractivity contribution in [3.05, 3.63) is 54.1 Å². The second-order valence-corrected chi connectivity index (χ2v) is 6.46. The molecule has 2 N–H and O–H groups in total. The molecule has 146 valence electrons. The molecule has 1 fully saturated rings. The van der Waals surface area contributed by atoms with E-state index in [0.29, 0.717) is 22.7 Å². The van der Waals surface area contributed by atoms with Crippen LogP contribution in [0.3, 0.4) is 0 Å². The minimum Gasteiger partial charge on any atom is -0.497 e. The molecule has 4 amide bonds. The van der Waals surface area contributed by atoms with Crippen LogP contribution < -0.4 is 20.1 Å². The minimum absolute atomic E-state index is 0.395. The van der Waals surface area contributed by atoms with Gasteiger partial charge in [-0.05, 0) is 36.8 Å². The van der Waals surface area contributed by atoms with Crippen molar-refractivity contribution >= 4 is 23.5 Å². The van der Waals surface area contributed by atoms with Gasteiger partial charge in [0.15, 0.2) is 0 Å². The van der Waals surface area contributed by atoms with Gasteiger partial charge in [0.1, 0.15) is 23.6 Å². The van der Waals surface area contributed by atoms with E-state index >= 15 is 0 Å². The van der Waals surface area contributed by atoms with Crippen molar-refractivity contribution in [3.8, 4) is 11.5 Å². The molecule has 8 nitrogen and oxygen atoms in total. The SMILES string of the molecule is COc1ccc(C2(C)NC(=O)N(CC(=O)Nc3cccc(OC)c3)C2=O)cc1. The lowest BCUT2D eigenvalue weighted by Gasteiger charge is -2.22. The molecule has 8 heteroatoms. The van der Waals surface area contributed by atoms with Crippen molar-refractivity contribution < 1.29 is 23.9 Å². The summed E-state index contributed by atoms with van der Waals surface area (Å²) in [6, 6.07) is 13.0. The largest absolute Gasteiger partial charge is 0.497 e. The highest BCUT2D eigenvalue weighted by Crippen LogP contribution is 2.30. The number of hydrogen-bond acceptors (Lipinski definition) is 5. The molecule has 1 aliphatic rings. The number of benzene rings is 2. The molecule has 1 unspecified atom stereocenters. The molecule has 0 aromatic heterocycles. The van der Waals surface area contributed by atoms with E-state index in [2.05, 4.69) is 10.6 Å². The fraction of sp³-hybridized carbons (Fsp3) is 0.250. The Labute approximate surface area is 162 Å². The first-order chi connectivity index (χ1) is 13.4. The van der Waals surface area contributed by atoms with Crippen LogP contribution in [-0.2, 0) is 15.1 Å². The molecule has 0 aliphatic carbocycles. The summed E-state index contributed by atoms with van der Waals surface area (Å²) in [5.74, 6) is 0.234. The van der Waals surface area contributed by atoms with E-state index in [1.807, 2.05) is 0 Å². The maximum Gasteiger partial charge on any atom is 0.325 e. The van der Waals surface area contributed by atoms with Crippen LogP contribution in [-0.4, -0.2) is 43.5 Å². The zero-order valence-corrected chi connectivity index (χ0v) is 15.8. The Morgan fingerprint density at radius 3 is 2.39 bits per heavy atom. The second-order valence-electron chi connectivity index (χ2n) is 6.46. The van der Waals surface area contributed by atoms with Crippen LogP contribution in [0.25, 0.3) is 0 Å². The molecular weight excluding hydrogens is 362 g/mol. The van der Waals surface area contributed by atoms with Crippen LogP contribution in [0.4, 0.5) is 10.5 Å². The van der Waals surface area contributed by atoms with E-state index in [9.17, 15) is 14.4 Å². The van der Waals surface area contributed by atoms with Crippen LogP contribution in [0.5, 0.6) is 11.5 Å². The number of nitrogens with one attached hydrogen (secondary N) is 2. The first-order valence-corrected chi connectivity index (χ1v) is 8.60. The molecule has 0 bridgehead atoms. The summed E-state index contributed by atoms with van der Waals surface area (Å²) in [5.41, 5.74) is -0.142. The second kappa shape index (κ2) is 7.59. The van der Waals surface area contributed by atoms with Gasteiger partial charge in [-0.3, -0.25) is 14.5 Å². The Morgan fingerprint density at radius 2 is 1.75 bits per heavy atom. The number of carbonyl (C=O) groups excluding carboxylic acids is 3. The quantitative estimate of drug-likeness (QED) is 0.745. The average Bonchev–Trinajstić information content (AvgIpc) is 2.92. The highest BCUT2D eigenvalue weighted by atomic mass is 16.5. The Balaban J connectivity index is 1.73. The van der Waals surface area contributed by atoms with Gasteiger partial charge in [0.2, 0.25) is 5.91 Å². The van der Waals surface area contributed by atoms with Crippen LogP contribution in [0.15, 0.2) is 48.5 Å². The van der Waals surface area contributed by atoms with Gasteiger partial charge < -0.3 is 20.1 Å². The third-order valence-electron chi connectivity index (χ3n) is 4.60. The van der Waals surface area contributed by atoms with Gasteiger partial charge in [-0.2, -0.15) is 0 Å². The lowest BCUT2D eigenvalue weighted by Crippen LogP contribution is -2.42. The fourth-order valence-electron chi connectivity index (χ4n) is 3.01. The minimum atomic E-state index is -1.25. The zero-order valence-electron chi connectivity index (χ0n) is 15.8. The van der Waals surface area contributed by atoms with Gasteiger partial charge in [-0.25, -0.2) is 4.79 Å². The molecule has 1 aliphatic heterocycles. The zero-order chi connectivity index (χ0) is 20.3. The Kier molecular flexibility index (Phi) is 5.21. The monoisotopic (exact) mass is 383 g/mol. The van der Waals surface area contributed by atoms with Gasteiger partial charge in [0.25, 0.3) is 5.91 Å². The highest BCUT2D eigenvalue weighted by Gasteiger charge is 2.49. The number of anilines is 1. The fourth-order valence-corrected chi connectivity index (χ4v) is 3.01. The number of rotatable bonds is 6. The average molecular weight is 383 g/mol. The van der Waals surface area contributed by atoms with Gasteiger partial charge in [0, 0.05) is 11.8 Å². The molecular formula is C20H21N3O5. The Morgan fingerprint density at radius 1 is 1.07 bits per heavy atom. The number of nitrogens with zero attached hydrogens (tertiary/aromatic N) is 1. The van der Waals surface area contributed by atoms with Gasteiger partial charge in [0.05, 0.1) is 14.2 Å². The molecule has 2 aromatic carbocycles. The maximum absolute atomic E-state index is 12.9. The molecule has 3 rings (SSSR count). The summed E-state index contributed by atoms with van der Waals surface area (Å²) >= 11 is 0. The normalized spacial score (nSPS) is 18.6. The molecule has 0 radical (unpaired) electrons. The molecule has 28 heavy (non-hydrogen) atoms. The van der Waals surface area contributed by atoms with Crippen molar-refractivity contribution in [1.29, 1.82) is 0 Å². The number of imide groups is 1. The topological polar surface area (TPSA) is 97.0 Å². The third-order valence-corrected chi connectivity index (χ3v) is 4.60. The predicted molar refractivity (Wildman–Crippen MR) is 102 cm³/mol. The first kappa shape index (κ1) is 19.2. The van der Waals surface area contributed by atoms with Gasteiger partial charge in [-0.15, -0.1) is 0 Å². The summed E-state index contributed by atoms with van der Waals surface area (Å²) in [4.78, 5) is 38.5. The van der Waals surface area contributed by atoms with E-state index in [-0.39, 0.29) is 0 Å². The first-order valence-electron chi connectivity index (χ1n) is 8.60. The van der Waals surface area contributed by atoms with Crippen LogP contribution in [0, 0.1) is 0 Å². The molecule has 0 spiro atoms. The Hall–Kier alpha value is -3.55. The molecule has 1 saturated heterocycles. The van der Waals surface area contributed by atoms with E-state index in [0.717, 1.165) is 4.90 Å². The maximum atomic E-state index is 12.9. The molecule has 1 atom stereocenters. The van der Waals surface area contributed by atoms with Crippen LogP contribution >= 0.6 is 0 Å². The number of methoxy groups -OCH3 is 2. The van der Waals surface area contributed by atoms with Crippen molar-refractivity contribution in [1.82, 2.24) is 10.2 Å². The number of urea groups is 1. The van der Waals surface area contributed by atoms with E-state index in [4.69, 9.17) is 9.47 Å². The number of carbonyl (C=O) groups is 3. The van der Waals surface area contributed by atoms with E-state index in [1.165, 1.54) is 7.11 Å².